The van der Waals surface area contributed by atoms with Gasteiger partial charge in [-0.2, -0.15) is 5.10 Å². The van der Waals surface area contributed by atoms with Crippen molar-refractivity contribution in [1.29, 1.82) is 0 Å². The summed E-state index contributed by atoms with van der Waals surface area (Å²) in [4.78, 5) is 0. The van der Waals surface area contributed by atoms with E-state index in [4.69, 9.17) is 15.2 Å². The van der Waals surface area contributed by atoms with Gasteiger partial charge >= 0.3 is 0 Å². The van der Waals surface area contributed by atoms with Gasteiger partial charge in [0.05, 0.1) is 20.4 Å². The number of hydrogen-bond acceptors (Lipinski definition) is 4. The molecule has 19 heavy (non-hydrogen) atoms. The van der Waals surface area contributed by atoms with E-state index in [0.717, 1.165) is 0 Å². The van der Waals surface area contributed by atoms with Crippen LogP contribution in [0.2, 0.25) is 0 Å². The zero-order valence-electron chi connectivity index (χ0n) is 11.0. The van der Waals surface area contributed by atoms with Crippen molar-refractivity contribution in [2.75, 3.05) is 20.0 Å². The monoisotopic (exact) mass is 265 g/mol. The maximum absolute atomic E-state index is 13.6. The Morgan fingerprint density at radius 1 is 1.21 bits per heavy atom. The molecule has 0 spiro atoms. The molecule has 2 rings (SSSR count). The predicted octanol–water partition coefficient (Wildman–Crippen LogP) is 2.71. The summed E-state index contributed by atoms with van der Waals surface area (Å²) >= 11 is 0. The van der Waals surface area contributed by atoms with Crippen molar-refractivity contribution in [3.05, 3.63) is 23.9 Å². The first-order valence-corrected chi connectivity index (χ1v) is 5.77. The lowest BCUT2D eigenvalue weighted by Gasteiger charge is -2.15. The van der Waals surface area contributed by atoms with E-state index >= 15 is 0 Å². The predicted molar refractivity (Wildman–Crippen MR) is 71.1 cm³/mol. The number of ether oxygens (including phenoxy) is 2. The summed E-state index contributed by atoms with van der Waals surface area (Å²) in [5.41, 5.74) is 7.62. The van der Waals surface area contributed by atoms with Gasteiger partial charge in [-0.1, -0.05) is 0 Å². The minimum absolute atomic E-state index is 0.418. The van der Waals surface area contributed by atoms with Gasteiger partial charge in [0.15, 0.2) is 0 Å². The van der Waals surface area contributed by atoms with E-state index in [1.165, 1.54) is 21.1 Å². The fourth-order valence-corrected chi connectivity index (χ4v) is 1.95. The summed E-state index contributed by atoms with van der Waals surface area (Å²) in [5.74, 6) is 1.39. The lowest BCUT2D eigenvalue weighted by Crippen LogP contribution is -1.98. The van der Waals surface area contributed by atoms with Gasteiger partial charge in [-0.3, -0.25) is 5.10 Å². The summed E-state index contributed by atoms with van der Waals surface area (Å²) in [7, 11) is 3.02. The Labute approximate surface area is 110 Å². The third kappa shape index (κ3) is 2.33. The molecule has 5 nitrogen and oxygen atoms in total. The van der Waals surface area contributed by atoms with Crippen molar-refractivity contribution < 1.29 is 13.9 Å². The van der Waals surface area contributed by atoms with Crippen LogP contribution in [0, 0.1) is 0 Å². The minimum Gasteiger partial charge on any atom is -0.496 e. The number of nitrogens with one attached hydrogen (secondary N) is 1. The molecule has 0 fully saturated rings. The largest absolute Gasteiger partial charge is 0.496 e. The highest BCUT2D eigenvalue weighted by atomic mass is 19.1. The number of halogens is 1. The summed E-state index contributed by atoms with van der Waals surface area (Å²) in [6.45, 7) is 1.45. The summed E-state index contributed by atoms with van der Waals surface area (Å²) in [5, 5.41) is 6.52. The van der Waals surface area contributed by atoms with Crippen LogP contribution in [0.15, 0.2) is 18.3 Å². The smallest absolute Gasteiger partial charge is 0.127 e. The van der Waals surface area contributed by atoms with E-state index < -0.39 is 6.17 Å². The third-order valence-corrected chi connectivity index (χ3v) is 2.94. The number of alkyl halides is 1. The molecule has 2 aromatic rings. The third-order valence-electron chi connectivity index (χ3n) is 2.94. The van der Waals surface area contributed by atoms with Crippen LogP contribution in [0.5, 0.6) is 11.5 Å². The molecule has 0 bridgehead atoms. The SMILES string of the molecule is COc1cc(C(C)F)c(OC)cc1-c1cn[nH]c1N. The van der Waals surface area contributed by atoms with Crippen LogP contribution in [-0.2, 0) is 0 Å². The Bertz CT molecular complexity index is 581. The van der Waals surface area contributed by atoms with Gasteiger partial charge in [-0.05, 0) is 19.1 Å². The number of nitrogens with two attached hydrogens (primary N) is 1. The molecule has 0 radical (unpaired) electrons. The molecule has 0 aliphatic carbocycles. The number of rotatable bonds is 4. The minimum atomic E-state index is -1.15. The maximum atomic E-state index is 13.6. The summed E-state index contributed by atoms with van der Waals surface area (Å²) in [6.07, 6.45) is 0.435. The Morgan fingerprint density at radius 3 is 2.37 bits per heavy atom. The number of aromatic amines is 1. The standard InChI is InChI=1S/C13H16FN3O2/c1-7(14)8-4-12(19-3)9(5-11(8)18-2)10-6-16-17-13(10)15/h4-7H,1-3H3,(H3,15,16,17). The second kappa shape index (κ2) is 5.17. The quantitative estimate of drug-likeness (QED) is 0.891. The van der Waals surface area contributed by atoms with E-state index in [1.807, 2.05) is 0 Å². The average molecular weight is 265 g/mol. The van der Waals surface area contributed by atoms with Gasteiger partial charge in [0.2, 0.25) is 0 Å². The highest BCUT2D eigenvalue weighted by molar-refractivity contribution is 5.79. The Kier molecular flexibility index (Phi) is 3.59. The van der Waals surface area contributed by atoms with Gasteiger partial charge in [0.25, 0.3) is 0 Å². The van der Waals surface area contributed by atoms with Crippen LogP contribution in [0.3, 0.4) is 0 Å². The van der Waals surface area contributed by atoms with E-state index in [0.29, 0.717) is 34.0 Å². The molecular formula is C13H16FN3O2. The fourth-order valence-electron chi connectivity index (χ4n) is 1.95. The Hall–Kier alpha value is -2.24. The molecule has 0 saturated carbocycles. The van der Waals surface area contributed by atoms with Crippen LogP contribution < -0.4 is 15.2 Å². The van der Waals surface area contributed by atoms with Gasteiger partial charge in [-0.15, -0.1) is 0 Å². The van der Waals surface area contributed by atoms with Gasteiger partial charge in [0, 0.05) is 16.7 Å². The molecule has 0 aliphatic rings. The summed E-state index contributed by atoms with van der Waals surface area (Å²) < 4.78 is 24.1. The fraction of sp³-hybridized carbons (Fsp3) is 0.308. The molecule has 0 saturated heterocycles. The summed E-state index contributed by atoms with van der Waals surface area (Å²) in [6, 6.07) is 3.32. The van der Waals surface area contributed by atoms with E-state index in [1.54, 1.807) is 18.3 Å². The second-order valence-corrected chi connectivity index (χ2v) is 4.11. The normalized spacial score (nSPS) is 12.2. The Balaban J connectivity index is 2.64. The maximum Gasteiger partial charge on any atom is 0.127 e. The molecular weight excluding hydrogens is 249 g/mol. The molecule has 1 heterocycles. The van der Waals surface area contributed by atoms with Crippen molar-refractivity contribution >= 4 is 5.82 Å². The number of nitrogen functional groups attached to an aromatic ring is 1. The Morgan fingerprint density at radius 2 is 1.89 bits per heavy atom. The van der Waals surface area contributed by atoms with Crippen molar-refractivity contribution in [3.63, 3.8) is 0 Å². The molecule has 102 valence electrons. The number of hydrogen-bond donors (Lipinski definition) is 2. The second-order valence-electron chi connectivity index (χ2n) is 4.11. The first kappa shape index (κ1) is 13.2. The molecule has 1 aromatic carbocycles. The van der Waals surface area contributed by atoms with E-state index in [9.17, 15) is 4.39 Å². The number of H-pyrrole nitrogens is 1. The van der Waals surface area contributed by atoms with Crippen LogP contribution in [0.1, 0.15) is 18.7 Å². The van der Waals surface area contributed by atoms with E-state index in [-0.39, 0.29) is 0 Å². The number of methoxy groups -OCH3 is 2. The lowest BCUT2D eigenvalue weighted by atomic mass is 10.0. The zero-order valence-corrected chi connectivity index (χ0v) is 11.0. The first-order chi connectivity index (χ1) is 9.08. The molecule has 6 heteroatoms. The molecule has 3 N–H and O–H groups in total. The zero-order chi connectivity index (χ0) is 14.0. The van der Waals surface area contributed by atoms with E-state index in [2.05, 4.69) is 10.2 Å². The van der Waals surface area contributed by atoms with Gasteiger partial charge in [0.1, 0.15) is 23.5 Å². The van der Waals surface area contributed by atoms with Crippen molar-refractivity contribution in [2.24, 2.45) is 0 Å². The average Bonchev–Trinajstić information content (AvgIpc) is 2.83. The highest BCUT2D eigenvalue weighted by Gasteiger charge is 2.18. The molecule has 0 amide bonds. The van der Waals surface area contributed by atoms with Crippen LogP contribution >= 0.6 is 0 Å². The number of aromatic nitrogens is 2. The van der Waals surface area contributed by atoms with Crippen LogP contribution in [0.25, 0.3) is 11.1 Å². The number of anilines is 1. The van der Waals surface area contributed by atoms with Gasteiger partial charge < -0.3 is 15.2 Å². The van der Waals surface area contributed by atoms with Crippen LogP contribution in [-0.4, -0.2) is 24.4 Å². The molecule has 1 atom stereocenters. The first-order valence-electron chi connectivity index (χ1n) is 5.77. The van der Waals surface area contributed by atoms with Crippen LogP contribution in [0.4, 0.5) is 10.2 Å². The topological polar surface area (TPSA) is 73.2 Å². The lowest BCUT2D eigenvalue weighted by molar-refractivity contribution is 0.343. The van der Waals surface area contributed by atoms with Gasteiger partial charge in [-0.25, -0.2) is 4.39 Å². The number of benzene rings is 1. The number of nitrogens with zero attached hydrogens (tertiary/aromatic N) is 1. The van der Waals surface area contributed by atoms with Crippen molar-refractivity contribution in [2.45, 2.75) is 13.1 Å². The highest BCUT2D eigenvalue weighted by Crippen LogP contribution is 2.40. The molecule has 1 aromatic heterocycles. The molecule has 0 aliphatic heterocycles. The molecule has 1 unspecified atom stereocenters. The van der Waals surface area contributed by atoms with Crippen molar-refractivity contribution in [1.82, 2.24) is 10.2 Å². The van der Waals surface area contributed by atoms with Crippen molar-refractivity contribution in [3.8, 4) is 22.6 Å².